The van der Waals surface area contributed by atoms with Crippen LogP contribution in [0.5, 0.6) is 5.75 Å². The molecule has 0 N–H and O–H groups in total. The average Bonchev–Trinajstić information content (AvgIpc) is 2.72. The summed E-state index contributed by atoms with van der Waals surface area (Å²) in [6.07, 6.45) is 3.36. The third-order valence-electron chi connectivity index (χ3n) is 4.69. The second kappa shape index (κ2) is 8.54. The minimum absolute atomic E-state index is 0.0164. The van der Waals surface area contributed by atoms with Crippen LogP contribution < -0.4 is 4.74 Å². The Labute approximate surface area is 159 Å². The Morgan fingerprint density at radius 3 is 2.30 bits per heavy atom. The predicted octanol–water partition coefficient (Wildman–Crippen LogP) is 3.00. The molecule has 1 aliphatic rings. The molecule has 3 rings (SSSR count). The van der Waals surface area contributed by atoms with Crippen LogP contribution in [0.2, 0.25) is 0 Å². The van der Waals surface area contributed by atoms with Crippen LogP contribution in [0.1, 0.15) is 21.5 Å². The molecule has 0 saturated carbocycles. The molecule has 0 radical (unpaired) electrons. The molecule has 0 aliphatic carbocycles. The summed E-state index contributed by atoms with van der Waals surface area (Å²) in [6, 6.07) is 15.1. The van der Waals surface area contributed by atoms with E-state index in [-0.39, 0.29) is 11.8 Å². The number of ether oxygens (including phenoxy) is 1. The molecule has 27 heavy (non-hydrogen) atoms. The lowest BCUT2D eigenvalue weighted by atomic mass is 10.1. The summed E-state index contributed by atoms with van der Waals surface area (Å²) in [7, 11) is 1.62. The molecule has 1 aliphatic heterocycles. The zero-order valence-corrected chi connectivity index (χ0v) is 15.7. The maximum Gasteiger partial charge on any atom is 0.253 e. The molecule has 1 saturated heterocycles. The standard InChI is InChI=1S/C22H24N2O3/c1-17-8-10-20(27-2)19(16-17)9-11-21(25)23-12-14-24(15-13-23)22(26)18-6-4-3-5-7-18/h3-11,16H,12-15H2,1-2H3/b11-9+. The maximum absolute atomic E-state index is 12.5. The molecule has 140 valence electrons. The monoisotopic (exact) mass is 364 g/mol. The van der Waals surface area contributed by atoms with E-state index in [1.807, 2.05) is 55.5 Å². The van der Waals surface area contributed by atoms with Crippen LogP contribution in [0.4, 0.5) is 0 Å². The van der Waals surface area contributed by atoms with Gasteiger partial charge in [-0.15, -0.1) is 0 Å². The number of piperazine rings is 1. The Hall–Kier alpha value is -3.08. The number of rotatable bonds is 4. The van der Waals surface area contributed by atoms with E-state index in [1.165, 1.54) is 0 Å². The second-order valence-electron chi connectivity index (χ2n) is 6.56. The number of hydrogen-bond acceptors (Lipinski definition) is 3. The average molecular weight is 364 g/mol. The van der Waals surface area contributed by atoms with E-state index in [4.69, 9.17) is 4.74 Å². The zero-order valence-electron chi connectivity index (χ0n) is 15.7. The van der Waals surface area contributed by atoms with Gasteiger partial charge in [-0.2, -0.15) is 0 Å². The SMILES string of the molecule is COc1ccc(C)cc1/C=C/C(=O)N1CCN(C(=O)c2ccccc2)CC1. The van der Waals surface area contributed by atoms with Crippen LogP contribution in [0.25, 0.3) is 6.08 Å². The van der Waals surface area contributed by atoms with Gasteiger partial charge in [0.15, 0.2) is 0 Å². The quantitative estimate of drug-likeness (QED) is 0.784. The summed E-state index contributed by atoms with van der Waals surface area (Å²) in [6.45, 7) is 4.16. The topological polar surface area (TPSA) is 49.9 Å². The summed E-state index contributed by atoms with van der Waals surface area (Å²) in [5, 5.41) is 0. The van der Waals surface area contributed by atoms with Gasteiger partial charge in [0.25, 0.3) is 5.91 Å². The molecule has 1 heterocycles. The van der Waals surface area contributed by atoms with Gasteiger partial charge in [0.2, 0.25) is 5.91 Å². The first-order valence-electron chi connectivity index (χ1n) is 9.04. The van der Waals surface area contributed by atoms with E-state index in [0.29, 0.717) is 31.7 Å². The highest BCUT2D eigenvalue weighted by Gasteiger charge is 2.23. The van der Waals surface area contributed by atoms with Gasteiger partial charge < -0.3 is 14.5 Å². The third-order valence-corrected chi connectivity index (χ3v) is 4.69. The van der Waals surface area contributed by atoms with E-state index in [0.717, 1.165) is 16.9 Å². The van der Waals surface area contributed by atoms with Gasteiger partial charge in [0, 0.05) is 43.4 Å². The molecule has 2 aromatic rings. The number of amides is 2. The van der Waals surface area contributed by atoms with Gasteiger partial charge in [-0.25, -0.2) is 0 Å². The number of benzene rings is 2. The van der Waals surface area contributed by atoms with Crippen molar-refractivity contribution in [3.63, 3.8) is 0 Å². The van der Waals surface area contributed by atoms with E-state index >= 15 is 0 Å². The highest BCUT2D eigenvalue weighted by atomic mass is 16.5. The summed E-state index contributed by atoms with van der Waals surface area (Å²) in [5.74, 6) is 0.705. The van der Waals surface area contributed by atoms with Crippen LogP contribution in [-0.2, 0) is 4.79 Å². The zero-order chi connectivity index (χ0) is 19.2. The lowest BCUT2D eigenvalue weighted by molar-refractivity contribution is -0.127. The van der Waals surface area contributed by atoms with Crippen molar-refractivity contribution < 1.29 is 14.3 Å². The number of nitrogens with zero attached hydrogens (tertiary/aromatic N) is 2. The molecule has 0 unspecified atom stereocenters. The minimum atomic E-state index is -0.0506. The lowest BCUT2D eigenvalue weighted by Crippen LogP contribution is -2.50. The Bertz CT molecular complexity index is 838. The summed E-state index contributed by atoms with van der Waals surface area (Å²) < 4.78 is 5.34. The normalized spacial score (nSPS) is 14.4. The third kappa shape index (κ3) is 4.56. The molecule has 0 spiro atoms. The van der Waals surface area contributed by atoms with Crippen molar-refractivity contribution in [1.82, 2.24) is 9.80 Å². The lowest BCUT2D eigenvalue weighted by Gasteiger charge is -2.34. The largest absolute Gasteiger partial charge is 0.496 e. The number of methoxy groups -OCH3 is 1. The van der Waals surface area contributed by atoms with Crippen molar-refractivity contribution in [1.29, 1.82) is 0 Å². The second-order valence-corrected chi connectivity index (χ2v) is 6.56. The van der Waals surface area contributed by atoms with Gasteiger partial charge >= 0.3 is 0 Å². The van der Waals surface area contributed by atoms with Gasteiger partial charge in [-0.3, -0.25) is 9.59 Å². The van der Waals surface area contributed by atoms with Crippen molar-refractivity contribution in [3.05, 3.63) is 71.3 Å². The maximum atomic E-state index is 12.5. The Kier molecular flexibility index (Phi) is 5.91. The molecule has 2 amide bonds. The van der Waals surface area contributed by atoms with E-state index < -0.39 is 0 Å². The van der Waals surface area contributed by atoms with Crippen LogP contribution >= 0.6 is 0 Å². The molecule has 0 atom stereocenters. The first-order valence-corrected chi connectivity index (χ1v) is 9.04. The van der Waals surface area contributed by atoms with Gasteiger partial charge in [0.05, 0.1) is 7.11 Å². The number of carbonyl (C=O) groups is 2. The molecular weight excluding hydrogens is 340 g/mol. The molecule has 2 aromatic carbocycles. The number of carbonyl (C=O) groups excluding carboxylic acids is 2. The van der Waals surface area contributed by atoms with Crippen LogP contribution in [0, 0.1) is 6.92 Å². The van der Waals surface area contributed by atoms with Crippen LogP contribution in [-0.4, -0.2) is 54.9 Å². The fourth-order valence-electron chi connectivity index (χ4n) is 3.14. The van der Waals surface area contributed by atoms with Crippen molar-refractivity contribution >= 4 is 17.9 Å². The highest BCUT2D eigenvalue weighted by Crippen LogP contribution is 2.21. The molecule has 5 heteroatoms. The first kappa shape index (κ1) is 18.7. The van der Waals surface area contributed by atoms with E-state index in [2.05, 4.69) is 0 Å². The van der Waals surface area contributed by atoms with Gasteiger partial charge in [-0.05, 0) is 37.3 Å². The Morgan fingerprint density at radius 2 is 1.63 bits per heavy atom. The number of aryl methyl sites for hydroxylation is 1. The summed E-state index contributed by atoms with van der Waals surface area (Å²) in [4.78, 5) is 28.6. The van der Waals surface area contributed by atoms with E-state index in [1.54, 1.807) is 29.1 Å². The smallest absolute Gasteiger partial charge is 0.253 e. The molecule has 5 nitrogen and oxygen atoms in total. The predicted molar refractivity (Wildman–Crippen MR) is 106 cm³/mol. The molecule has 0 bridgehead atoms. The van der Waals surface area contributed by atoms with Crippen molar-refractivity contribution in [2.24, 2.45) is 0 Å². The van der Waals surface area contributed by atoms with E-state index in [9.17, 15) is 9.59 Å². The number of hydrogen-bond donors (Lipinski definition) is 0. The van der Waals surface area contributed by atoms with Crippen molar-refractivity contribution in [2.45, 2.75) is 6.92 Å². The fourth-order valence-corrected chi connectivity index (χ4v) is 3.14. The molecule has 0 aromatic heterocycles. The summed E-state index contributed by atoms with van der Waals surface area (Å²) >= 11 is 0. The minimum Gasteiger partial charge on any atom is -0.496 e. The Balaban J connectivity index is 1.59. The first-order chi connectivity index (χ1) is 13.1. The highest BCUT2D eigenvalue weighted by molar-refractivity contribution is 5.95. The molecule has 1 fully saturated rings. The Morgan fingerprint density at radius 1 is 0.963 bits per heavy atom. The van der Waals surface area contributed by atoms with Gasteiger partial charge in [0.1, 0.15) is 5.75 Å². The fraction of sp³-hybridized carbons (Fsp3) is 0.273. The van der Waals surface area contributed by atoms with Crippen LogP contribution in [0.3, 0.4) is 0 Å². The van der Waals surface area contributed by atoms with Crippen molar-refractivity contribution in [2.75, 3.05) is 33.3 Å². The van der Waals surface area contributed by atoms with Crippen LogP contribution in [0.15, 0.2) is 54.6 Å². The van der Waals surface area contributed by atoms with Gasteiger partial charge in [-0.1, -0.05) is 29.8 Å². The molecular formula is C22H24N2O3. The summed E-state index contributed by atoms with van der Waals surface area (Å²) in [5.41, 5.74) is 2.67. The van der Waals surface area contributed by atoms with Crippen molar-refractivity contribution in [3.8, 4) is 5.75 Å².